The number of benzene rings is 11. The van der Waals surface area contributed by atoms with Crippen molar-refractivity contribution < 1.29 is 13.2 Å². The van der Waals surface area contributed by atoms with E-state index in [0.717, 1.165) is 90.7 Å². The minimum Gasteiger partial charge on any atom is -0.368 e. The van der Waals surface area contributed by atoms with Crippen LogP contribution in [0.25, 0.3) is 56.4 Å². The van der Waals surface area contributed by atoms with Crippen molar-refractivity contribution in [2.75, 3.05) is 27.2 Å². The summed E-state index contributed by atoms with van der Waals surface area (Å²) in [4.78, 5) is 39.1. The van der Waals surface area contributed by atoms with Gasteiger partial charge in [-0.2, -0.15) is 25.5 Å². The molecule has 0 fully saturated rings. The average molecular weight is 1910 g/mol. The zero-order valence-electron chi connectivity index (χ0n) is 68.9. The summed E-state index contributed by atoms with van der Waals surface area (Å²) >= 11 is 24.4. The summed E-state index contributed by atoms with van der Waals surface area (Å²) in [5.74, 6) is 1.96. The van der Waals surface area contributed by atoms with Gasteiger partial charge < -0.3 is 17.2 Å². The molecule has 2 aliphatic rings. The van der Waals surface area contributed by atoms with Crippen LogP contribution in [0.3, 0.4) is 0 Å². The number of amides is 1. The molecule has 642 valence electrons. The third-order valence-corrected chi connectivity index (χ3v) is 23.5. The Balaban J connectivity index is 0.000000125. The first kappa shape index (κ1) is 89.3. The molecule has 0 bridgehead atoms. The standard InChI is InChI=1S/C23H16BrClN4O.C22H16BrClN4O2S.C20H20N4.C19H18N4.C15H12ClN5/c24-19-10-8-18(9-11-19)22(30)28-23-27-21(17-4-2-1-3-5-17)15-29(23)26-14-16-6-12-20(25)13-7-16;23-18-8-12-20(13-9-18)31(29,30)27-22-26-21(17-4-2-1-3-5-17)15-28(22)25-14-16-6-10-19(24)11-7-16;21-20-23-19(16-8-2-1-3-9-16)14-24(20)22-13-17-11-6-10-15-7-4-5-12-18(15)17;20-19-22-18(15-7-2-1-3-8-15)13-23(19)21-12-16-11-10-14-6-4-5-9-17(14)16;16-12-6-4-11(5-7-12)9-19-21-10-14(20-15(21)17)13-3-1-2-8-18-13/h1-15H,(H,27,28,30);1-15H,(H,26,27);1-5,7-9,12-14,17H,6,10-11H2,(H2,21,23);1-9,12-13,16H,10-11H2,(H2,20,22);1-10H,(H2,17,20)/b26-14-;25-14-;22-13+;21-12+;19-9-. The lowest BCUT2D eigenvalue weighted by Crippen LogP contribution is -2.15. The molecule has 0 radical (unpaired) electrons. The highest BCUT2D eigenvalue weighted by atomic mass is 79.9. The SMILES string of the molecule is Nc1nc(-c2ccccc2)cn1/N=C/C1CCCc2ccccc21.Nc1nc(-c2ccccc2)cn1/N=C/C1CCc2ccccc21.Nc1nc(-c2ccccn2)cn1/N=C\c1ccc(Cl)cc1.O=C(Nc1nc(-c2ccccc2)cn1/N=C\c1ccc(Cl)cc1)c1ccc(Br)cc1.O=S(=O)(Nc1nc(-c2ccccc2)cn1/N=C\c1ccc(Cl)cc1)c1ccc(Br)cc1. The molecule has 2 aliphatic carbocycles. The van der Waals surface area contributed by atoms with Gasteiger partial charge in [0.05, 0.1) is 83.0 Å². The van der Waals surface area contributed by atoms with Crippen LogP contribution in [0.4, 0.5) is 29.7 Å². The molecule has 0 saturated carbocycles. The molecule has 129 heavy (non-hydrogen) atoms. The van der Waals surface area contributed by atoms with Gasteiger partial charge in [0.15, 0.2) is 0 Å². The maximum absolute atomic E-state index is 12.9. The molecular weight excluding hydrogens is 1830 g/mol. The molecule has 6 heterocycles. The molecule has 6 aromatic heterocycles. The van der Waals surface area contributed by atoms with Crippen molar-refractivity contribution in [1.82, 2.24) is 53.3 Å². The first-order chi connectivity index (χ1) is 62.8. The third-order valence-electron chi connectivity index (χ3n) is 20.3. The first-order valence-corrected chi connectivity index (χ1v) is 44.9. The lowest BCUT2D eigenvalue weighted by Gasteiger charge is -2.22. The Morgan fingerprint density at radius 1 is 0.380 bits per heavy atom. The third kappa shape index (κ3) is 24.4. The number of pyridine rings is 1. The van der Waals surface area contributed by atoms with Gasteiger partial charge in [-0.3, -0.25) is 15.1 Å². The number of rotatable bonds is 20. The number of aromatic nitrogens is 11. The number of nitrogens with one attached hydrogen (secondary N) is 2. The Kier molecular flexibility index (Phi) is 29.8. The number of halogens is 5. The summed E-state index contributed by atoms with van der Waals surface area (Å²) in [6.45, 7) is 0. The van der Waals surface area contributed by atoms with Gasteiger partial charge in [0, 0.05) is 82.3 Å². The van der Waals surface area contributed by atoms with Crippen molar-refractivity contribution in [2.45, 2.75) is 48.8 Å². The van der Waals surface area contributed by atoms with Crippen molar-refractivity contribution in [2.24, 2.45) is 25.5 Å². The topological polar surface area (TPSA) is 317 Å². The normalized spacial score (nSPS) is 13.3. The largest absolute Gasteiger partial charge is 0.368 e. The summed E-state index contributed by atoms with van der Waals surface area (Å²) < 4.78 is 37.8. The van der Waals surface area contributed by atoms with Crippen LogP contribution in [0.15, 0.2) is 386 Å². The van der Waals surface area contributed by atoms with E-state index in [0.29, 0.717) is 73.3 Å². The van der Waals surface area contributed by atoms with Crippen molar-refractivity contribution in [3.8, 4) is 56.4 Å². The van der Waals surface area contributed by atoms with Crippen molar-refractivity contribution in [3.63, 3.8) is 0 Å². The fraction of sp³-hybridized carbons (Fsp3) is 0.0707. The molecule has 8 N–H and O–H groups in total. The summed E-state index contributed by atoms with van der Waals surface area (Å²) in [6, 6.07) is 97.3. The van der Waals surface area contributed by atoms with E-state index in [9.17, 15) is 13.2 Å². The summed E-state index contributed by atoms with van der Waals surface area (Å²) in [7, 11) is -3.86. The minimum atomic E-state index is -3.86. The maximum atomic E-state index is 12.9. The van der Waals surface area contributed by atoms with E-state index in [2.05, 4.69) is 146 Å². The van der Waals surface area contributed by atoms with Gasteiger partial charge in [-0.15, -0.1) is 0 Å². The summed E-state index contributed by atoms with van der Waals surface area (Å²) in [6.07, 6.45) is 25.3. The molecule has 24 nitrogen and oxygen atoms in total. The van der Waals surface area contributed by atoms with Crippen LogP contribution in [0.1, 0.15) is 80.4 Å². The zero-order chi connectivity index (χ0) is 89.4. The molecule has 30 heteroatoms. The zero-order valence-corrected chi connectivity index (χ0v) is 75.2. The molecule has 2 atom stereocenters. The average Bonchev–Trinajstić information content (AvgIpc) is 1.81. The van der Waals surface area contributed by atoms with Gasteiger partial charge in [0.2, 0.25) is 29.7 Å². The van der Waals surface area contributed by atoms with Crippen molar-refractivity contribution in [1.29, 1.82) is 0 Å². The second-order valence-corrected chi connectivity index (χ2v) is 34.1. The Hall–Kier alpha value is -14.6. The summed E-state index contributed by atoms with van der Waals surface area (Å²) in [5.41, 5.74) is 34.9. The Morgan fingerprint density at radius 2 is 0.744 bits per heavy atom. The van der Waals surface area contributed by atoms with Gasteiger partial charge in [-0.25, -0.2) is 61.4 Å². The van der Waals surface area contributed by atoms with Crippen LogP contribution in [-0.4, -0.2) is 98.7 Å². The van der Waals surface area contributed by atoms with Crippen LogP contribution < -0.4 is 27.2 Å². The predicted molar refractivity (Wildman–Crippen MR) is 527 cm³/mol. The highest BCUT2D eigenvalue weighted by molar-refractivity contribution is 9.10. The van der Waals surface area contributed by atoms with Gasteiger partial charge in [0.1, 0.15) is 5.69 Å². The second kappa shape index (κ2) is 43.1. The molecule has 11 aromatic carbocycles. The van der Waals surface area contributed by atoms with Gasteiger partial charge in [-0.05, 0) is 168 Å². The van der Waals surface area contributed by atoms with Gasteiger partial charge in [-0.1, -0.05) is 279 Å². The molecule has 17 aromatic rings. The number of hydrogen-bond donors (Lipinski definition) is 5. The molecule has 2 unspecified atom stereocenters. The fourth-order valence-electron chi connectivity index (χ4n) is 13.7. The van der Waals surface area contributed by atoms with Crippen LogP contribution >= 0.6 is 66.7 Å². The number of imidazole rings is 5. The van der Waals surface area contributed by atoms with E-state index in [4.69, 9.17) is 52.0 Å². The number of carbonyl (C=O) groups excluding carboxylic acids is 1. The lowest BCUT2D eigenvalue weighted by molar-refractivity contribution is 0.102. The molecular formula is C99H82Br2Cl3N21O3S. The molecule has 0 saturated heterocycles. The number of hydrogen-bond acceptors (Lipinski definition) is 17. The number of nitrogens with zero attached hydrogens (tertiary/aromatic N) is 16. The van der Waals surface area contributed by atoms with Crippen LogP contribution in [0.2, 0.25) is 15.1 Å². The van der Waals surface area contributed by atoms with E-state index < -0.39 is 10.0 Å². The van der Waals surface area contributed by atoms with Crippen molar-refractivity contribution in [3.05, 3.63) is 415 Å². The predicted octanol–water partition coefficient (Wildman–Crippen LogP) is 22.6. The highest BCUT2D eigenvalue weighted by Gasteiger charge is 2.24. The highest BCUT2D eigenvalue weighted by Crippen LogP contribution is 2.34. The van der Waals surface area contributed by atoms with E-state index in [-0.39, 0.29) is 16.8 Å². The van der Waals surface area contributed by atoms with Crippen LogP contribution in [-0.2, 0) is 22.9 Å². The number of nitrogen functional groups attached to an aromatic ring is 3. The van der Waals surface area contributed by atoms with Gasteiger partial charge in [0.25, 0.3) is 15.9 Å². The van der Waals surface area contributed by atoms with E-state index in [1.807, 2.05) is 213 Å². The molecule has 0 spiro atoms. The number of fused-ring (bicyclic) bond motifs is 2. The van der Waals surface area contributed by atoms with Crippen LogP contribution in [0.5, 0.6) is 0 Å². The Labute approximate surface area is 777 Å². The lowest BCUT2D eigenvalue weighted by atomic mass is 9.84. The number of aryl methyl sites for hydroxylation is 2. The van der Waals surface area contributed by atoms with E-state index in [1.165, 1.54) is 50.2 Å². The minimum absolute atomic E-state index is 0.0759. The molecule has 1 amide bonds. The monoisotopic (exact) mass is 1910 g/mol. The number of anilines is 5. The van der Waals surface area contributed by atoms with Crippen molar-refractivity contribution >= 4 is 143 Å². The van der Waals surface area contributed by atoms with E-state index in [1.54, 1.807) is 118 Å². The molecule has 19 rings (SSSR count). The maximum Gasteiger partial charge on any atom is 0.264 e. The summed E-state index contributed by atoms with van der Waals surface area (Å²) in [5, 5.41) is 27.1. The Morgan fingerprint density at radius 3 is 1.20 bits per heavy atom. The molecule has 0 aliphatic heterocycles. The number of sulfonamides is 1. The number of carbonyl (C=O) groups is 1. The van der Waals surface area contributed by atoms with Crippen LogP contribution in [0, 0.1) is 0 Å². The smallest absolute Gasteiger partial charge is 0.264 e. The van der Waals surface area contributed by atoms with E-state index >= 15 is 0 Å². The quantitative estimate of drug-likeness (QED) is 0.0445. The Bertz CT molecular complexity index is 6900. The first-order valence-electron chi connectivity index (χ1n) is 40.7. The fourth-order valence-corrected chi connectivity index (χ4v) is 15.6. The van der Waals surface area contributed by atoms with Gasteiger partial charge >= 0.3 is 0 Å². The second-order valence-electron chi connectivity index (χ2n) is 29.2. The number of nitrogens with two attached hydrogens (primary N) is 3.